The molecule has 2 heterocycles. The predicted octanol–water partition coefficient (Wildman–Crippen LogP) is 4.61. The van der Waals surface area contributed by atoms with Gasteiger partial charge in [-0.05, 0) is 24.5 Å². The minimum absolute atomic E-state index is 0.0000117. The third-order valence-corrected chi connectivity index (χ3v) is 4.70. The van der Waals surface area contributed by atoms with Gasteiger partial charge in [0.05, 0.1) is 5.75 Å². The number of aromatic nitrogens is 2. The van der Waals surface area contributed by atoms with Crippen molar-refractivity contribution in [2.75, 3.05) is 25.0 Å². The van der Waals surface area contributed by atoms with Crippen LogP contribution in [0.25, 0.3) is 0 Å². The smallest absolute Gasteiger partial charge is 0.433 e. The Balaban J connectivity index is 2.11. The van der Waals surface area contributed by atoms with Crippen LogP contribution in [0.3, 0.4) is 0 Å². The highest BCUT2D eigenvalue weighted by Crippen LogP contribution is 2.32. The third kappa shape index (κ3) is 6.95. The molecule has 0 saturated carbocycles. The van der Waals surface area contributed by atoms with Crippen LogP contribution >= 0.6 is 11.8 Å². The predicted molar refractivity (Wildman–Crippen MR) is 106 cm³/mol. The van der Waals surface area contributed by atoms with Crippen LogP contribution in [0.4, 0.5) is 19.0 Å². The number of carbonyl (C=O) groups excluding carboxylic acids is 1. The highest BCUT2D eigenvalue weighted by Gasteiger charge is 2.34. The van der Waals surface area contributed by atoms with Crippen molar-refractivity contribution in [2.24, 2.45) is 5.92 Å². The van der Waals surface area contributed by atoms with Crippen LogP contribution < -0.4 is 10.2 Å². The van der Waals surface area contributed by atoms with Gasteiger partial charge in [0.15, 0.2) is 16.6 Å². The first-order valence-electron chi connectivity index (χ1n) is 9.27. The molecule has 1 N–H and O–H groups in total. The maximum absolute atomic E-state index is 13.2. The summed E-state index contributed by atoms with van der Waals surface area (Å²) in [6, 6.07) is 4.11. The molecule has 10 heteroatoms. The molecule has 2 aromatic rings. The molecule has 2 aromatic heterocycles. The first-order valence-corrected chi connectivity index (χ1v) is 10.3. The summed E-state index contributed by atoms with van der Waals surface area (Å²) in [5.41, 5.74) is -0.985. The van der Waals surface area contributed by atoms with Gasteiger partial charge in [0, 0.05) is 26.2 Å². The Kier molecular flexibility index (Phi) is 7.95. The Labute approximate surface area is 172 Å². The van der Waals surface area contributed by atoms with Crippen molar-refractivity contribution in [1.82, 2.24) is 15.3 Å². The number of thioether (sulfide) groups is 1. The van der Waals surface area contributed by atoms with Gasteiger partial charge in [-0.3, -0.25) is 4.79 Å². The van der Waals surface area contributed by atoms with Crippen LogP contribution in [0, 0.1) is 5.92 Å². The number of carbonyl (C=O) groups is 1. The van der Waals surface area contributed by atoms with Gasteiger partial charge in [0.25, 0.3) is 5.91 Å². The van der Waals surface area contributed by atoms with Gasteiger partial charge in [-0.25, -0.2) is 9.97 Å². The van der Waals surface area contributed by atoms with Crippen molar-refractivity contribution in [3.8, 4) is 0 Å². The van der Waals surface area contributed by atoms with E-state index < -0.39 is 11.9 Å². The molecule has 160 valence electrons. The average molecular weight is 430 g/mol. The summed E-state index contributed by atoms with van der Waals surface area (Å²) >= 11 is 1.02. The molecule has 0 aromatic carbocycles. The summed E-state index contributed by atoms with van der Waals surface area (Å²) in [7, 11) is 1.69. The maximum Gasteiger partial charge on any atom is 0.433 e. The topological polar surface area (TPSA) is 71.3 Å². The molecular formula is C19H25F3N4O2S. The number of hydrogen-bond donors (Lipinski definition) is 1. The van der Waals surface area contributed by atoms with Crippen molar-refractivity contribution in [2.45, 2.75) is 44.3 Å². The lowest BCUT2D eigenvalue weighted by molar-refractivity contribution is -0.141. The molecule has 6 nitrogen and oxygen atoms in total. The van der Waals surface area contributed by atoms with Gasteiger partial charge in [0.2, 0.25) is 0 Å². The number of hydrogen-bond acceptors (Lipinski definition) is 6. The largest absolute Gasteiger partial charge is 0.455 e. The zero-order valence-corrected chi connectivity index (χ0v) is 17.7. The number of rotatable bonds is 9. The third-order valence-electron chi connectivity index (χ3n) is 3.83. The SMILES string of the molecule is CCCN(C)c1cc(C(F)(F)F)nc(SCc2ccc(C(=O)NCC(C)C)o2)n1. The number of anilines is 1. The Bertz CT molecular complexity index is 824. The van der Waals surface area contributed by atoms with Crippen LogP contribution in [0.1, 0.15) is 49.2 Å². The van der Waals surface area contributed by atoms with E-state index in [0.717, 1.165) is 24.2 Å². The molecule has 1 amide bonds. The molecule has 29 heavy (non-hydrogen) atoms. The summed E-state index contributed by atoms with van der Waals surface area (Å²) in [5.74, 6) is 1.01. The molecule has 0 fully saturated rings. The van der Waals surface area contributed by atoms with Crippen LogP contribution in [0.5, 0.6) is 0 Å². The van der Waals surface area contributed by atoms with Crippen molar-refractivity contribution < 1.29 is 22.4 Å². The van der Waals surface area contributed by atoms with Crippen LogP contribution in [-0.4, -0.2) is 36.0 Å². The number of nitrogens with one attached hydrogen (secondary N) is 1. The Morgan fingerprint density at radius 2 is 2.03 bits per heavy atom. The monoisotopic (exact) mass is 430 g/mol. The number of nitrogens with zero attached hydrogens (tertiary/aromatic N) is 3. The van der Waals surface area contributed by atoms with E-state index in [1.54, 1.807) is 24.1 Å². The van der Waals surface area contributed by atoms with Gasteiger partial charge < -0.3 is 14.6 Å². The maximum atomic E-state index is 13.2. The molecule has 0 spiro atoms. The lowest BCUT2D eigenvalue weighted by Gasteiger charge is -2.19. The van der Waals surface area contributed by atoms with Gasteiger partial charge in [0.1, 0.15) is 11.6 Å². The van der Waals surface area contributed by atoms with E-state index in [9.17, 15) is 18.0 Å². The summed E-state index contributed by atoms with van der Waals surface area (Å²) in [4.78, 5) is 21.5. The van der Waals surface area contributed by atoms with E-state index in [1.807, 2.05) is 20.8 Å². The van der Waals surface area contributed by atoms with Gasteiger partial charge in [-0.15, -0.1) is 0 Å². The Hall–Kier alpha value is -2.23. The van der Waals surface area contributed by atoms with E-state index in [0.29, 0.717) is 24.8 Å². The first kappa shape index (κ1) is 23.1. The standard InChI is InChI=1S/C19H25F3N4O2S/c1-5-8-26(4)16-9-15(19(20,21)22)24-18(25-16)29-11-13-6-7-14(28-13)17(27)23-10-12(2)3/h6-7,9,12H,5,8,10-11H2,1-4H3,(H,23,27). The van der Waals surface area contributed by atoms with E-state index >= 15 is 0 Å². The second-order valence-corrected chi connectivity index (χ2v) is 7.91. The van der Waals surface area contributed by atoms with Gasteiger partial charge in [-0.1, -0.05) is 32.5 Å². The lowest BCUT2D eigenvalue weighted by Crippen LogP contribution is -2.26. The van der Waals surface area contributed by atoms with Gasteiger partial charge in [-0.2, -0.15) is 13.2 Å². The summed E-state index contributed by atoms with van der Waals surface area (Å²) < 4.78 is 45.1. The van der Waals surface area contributed by atoms with Crippen molar-refractivity contribution in [3.63, 3.8) is 0 Å². The summed E-state index contributed by atoms with van der Waals surface area (Å²) in [6.45, 7) is 6.99. The van der Waals surface area contributed by atoms with Crippen molar-refractivity contribution in [3.05, 3.63) is 35.4 Å². The van der Waals surface area contributed by atoms with E-state index in [4.69, 9.17) is 4.42 Å². The van der Waals surface area contributed by atoms with E-state index in [-0.39, 0.29) is 28.4 Å². The molecular weight excluding hydrogens is 405 g/mol. The molecule has 0 radical (unpaired) electrons. The number of alkyl halides is 3. The number of furan rings is 1. The first-order chi connectivity index (χ1) is 13.6. The second-order valence-electron chi connectivity index (χ2n) is 6.97. The van der Waals surface area contributed by atoms with Crippen molar-refractivity contribution in [1.29, 1.82) is 0 Å². The molecule has 0 aliphatic carbocycles. The number of halogens is 3. The average Bonchev–Trinajstić information content (AvgIpc) is 3.13. The molecule has 0 aliphatic heterocycles. The van der Waals surface area contributed by atoms with Crippen LogP contribution in [-0.2, 0) is 11.9 Å². The van der Waals surface area contributed by atoms with E-state index in [2.05, 4.69) is 15.3 Å². The van der Waals surface area contributed by atoms with Crippen LogP contribution in [0.15, 0.2) is 27.8 Å². The fourth-order valence-electron chi connectivity index (χ4n) is 2.37. The fraction of sp³-hybridized carbons (Fsp3) is 0.526. The summed E-state index contributed by atoms with van der Waals surface area (Å²) in [6.07, 6.45) is -3.79. The molecule has 2 rings (SSSR count). The zero-order chi connectivity index (χ0) is 21.6. The summed E-state index contributed by atoms with van der Waals surface area (Å²) in [5, 5.41) is 2.75. The molecule has 0 atom stereocenters. The van der Waals surface area contributed by atoms with E-state index in [1.165, 1.54) is 0 Å². The normalized spacial score (nSPS) is 11.7. The molecule has 0 bridgehead atoms. The number of amides is 1. The highest BCUT2D eigenvalue weighted by atomic mass is 32.2. The van der Waals surface area contributed by atoms with Crippen molar-refractivity contribution >= 4 is 23.5 Å². The molecule has 0 saturated heterocycles. The minimum Gasteiger partial charge on any atom is -0.455 e. The Morgan fingerprint density at radius 3 is 2.66 bits per heavy atom. The fourth-order valence-corrected chi connectivity index (χ4v) is 3.11. The molecule has 0 aliphatic rings. The Morgan fingerprint density at radius 1 is 1.31 bits per heavy atom. The lowest BCUT2D eigenvalue weighted by atomic mass is 10.2. The second kappa shape index (κ2) is 10.00. The quantitative estimate of drug-likeness (QED) is 0.463. The zero-order valence-electron chi connectivity index (χ0n) is 16.8. The minimum atomic E-state index is -4.56. The molecule has 0 unspecified atom stereocenters. The van der Waals surface area contributed by atoms with Gasteiger partial charge >= 0.3 is 6.18 Å². The van der Waals surface area contributed by atoms with Crippen LogP contribution in [0.2, 0.25) is 0 Å². The highest BCUT2D eigenvalue weighted by molar-refractivity contribution is 7.98.